The molecule has 0 saturated heterocycles. The van der Waals surface area contributed by atoms with Crippen LogP contribution in [0.5, 0.6) is 0 Å². The van der Waals surface area contributed by atoms with E-state index in [0.717, 1.165) is 29.0 Å². The van der Waals surface area contributed by atoms with Gasteiger partial charge in [-0.25, -0.2) is 0 Å². The Morgan fingerprint density at radius 2 is 2.15 bits per heavy atom. The lowest BCUT2D eigenvalue weighted by atomic mass is 10.1. The second-order valence-corrected chi connectivity index (χ2v) is 7.58. The first-order valence-corrected chi connectivity index (χ1v) is 8.54. The SMILES string of the molecule is CC(Br)c1ccccc1NC(=O)c1cc2c(s1)CCC2. The Labute approximate surface area is 131 Å². The van der Waals surface area contributed by atoms with Crippen LogP contribution in [0.15, 0.2) is 30.3 Å². The lowest BCUT2D eigenvalue weighted by Gasteiger charge is -2.12. The lowest BCUT2D eigenvalue weighted by molar-refractivity contribution is 0.103. The third-order valence-electron chi connectivity index (χ3n) is 3.61. The Hall–Kier alpha value is -1.13. The number of hydrogen-bond donors (Lipinski definition) is 1. The lowest BCUT2D eigenvalue weighted by Crippen LogP contribution is -2.12. The van der Waals surface area contributed by atoms with Gasteiger partial charge in [-0.2, -0.15) is 0 Å². The molecule has 104 valence electrons. The number of rotatable bonds is 3. The Balaban J connectivity index is 1.82. The van der Waals surface area contributed by atoms with E-state index in [-0.39, 0.29) is 10.7 Å². The average molecular weight is 350 g/mol. The average Bonchev–Trinajstić information content (AvgIpc) is 2.99. The molecule has 0 radical (unpaired) electrons. The molecule has 1 amide bonds. The molecule has 1 atom stereocenters. The van der Waals surface area contributed by atoms with Gasteiger partial charge in [-0.15, -0.1) is 11.3 Å². The molecule has 0 fully saturated rings. The molecule has 1 aliphatic carbocycles. The van der Waals surface area contributed by atoms with Crippen LogP contribution < -0.4 is 5.32 Å². The molecule has 1 heterocycles. The molecule has 4 heteroatoms. The Kier molecular flexibility index (Phi) is 3.94. The van der Waals surface area contributed by atoms with Gasteiger partial charge in [0.2, 0.25) is 0 Å². The van der Waals surface area contributed by atoms with Crippen molar-refractivity contribution >= 4 is 38.9 Å². The van der Waals surface area contributed by atoms with Gasteiger partial charge in [-0.05, 0) is 49.4 Å². The number of alkyl halides is 1. The van der Waals surface area contributed by atoms with E-state index in [1.165, 1.54) is 16.9 Å². The Morgan fingerprint density at radius 3 is 2.90 bits per heavy atom. The number of aryl methyl sites for hydroxylation is 2. The van der Waals surface area contributed by atoms with E-state index in [2.05, 4.69) is 34.2 Å². The van der Waals surface area contributed by atoms with Crippen molar-refractivity contribution in [1.82, 2.24) is 0 Å². The van der Waals surface area contributed by atoms with Crippen LogP contribution in [0.1, 0.15) is 43.8 Å². The van der Waals surface area contributed by atoms with Gasteiger partial charge in [-0.1, -0.05) is 34.1 Å². The number of halogens is 1. The number of carbonyl (C=O) groups excluding carboxylic acids is 1. The summed E-state index contributed by atoms with van der Waals surface area (Å²) in [5.41, 5.74) is 3.35. The van der Waals surface area contributed by atoms with Gasteiger partial charge in [0, 0.05) is 15.4 Å². The maximum Gasteiger partial charge on any atom is 0.265 e. The molecule has 20 heavy (non-hydrogen) atoms. The minimum atomic E-state index is 0.00463. The highest BCUT2D eigenvalue weighted by Gasteiger charge is 2.19. The molecule has 1 unspecified atom stereocenters. The van der Waals surface area contributed by atoms with Crippen molar-refractivity contribution in [3.05, 3.63) is 51.2 Å². The molecule has 0 aliphatic heterocycles. The largest absolute Gasteiger partial charge is 0.321 e. The normalized spacial score (nSPS) is 14.9. The van der Waals surface area contributed by atoms with Gasteiger partial charge in [-0.3, -0.25) is 4.79 Å². The van der Waals surface area contributed by atoms with Crippen LogP contribution in [0.2, 0.25) is 0 Å². The molecule has 1 aromatic heterocycles. The van der Waals surface area contributed by atoms with Crippen LogP contribution in [-0.4, -0.2) is 5.91 Å². The number of benzene rings is 1. The molecular formula is C16H16BrNOS. The van der Waals surface area contributed by atoms with Crippen LogP contribution in [0.4, 0.5) is 5.69 Å². The minimum Gasteiger partial charge on any atom is -0.321 e. The number of anilines is 1. The number of carbonyl (C=O) groups is 1. The third-order valence-corrected chi connectivity index (χ3v) is 5.34. The maximum atomic E-state index is 12.4. The van der Waals surface area contributed by atoms with Crippen LogP contribution in [0.3, 0.4) is 0 Å². The number of hydrogen-bond acceptors (Lipinski definition) is 2. The zero-order valence-corrected chi connectivity index (χ0v) is 13.7. The summed E-state index contributed by atoms with van der Waals surface area (Å²) in [6.45, 7) is 2.06. The molecule has 2 aromatic rings. The van der Waals surface area contributed by atoms with E-state index in [1.807, 2.05) is 24.3 Å². The first-order chi connectivity index (χ1) is 9.65. The number of fused-ring (bicyclic) bond motifs is 1. The first-order valence-electron chi connectivity index (χ1n) is 6.81. The number of thiophene rings is 1. The Morgan fingerprint density at radius 1 is 1.35 bits per heavy atom. The number of amides is 1. The van der Waals surface area contributed by atoms with Crippen molar-refractivity contribution in [3.8, 4) is 0 Å². The summed E-state index contributed by atoms with van der Waals surface area (Å²) in [6, 6.07) is 9.98. The van der Waals surface area contributed by atoms with E-state index >= 15 is 0 Å². The minimum absolute atomic E-state index is 0.00463. The highest BCUT2D eigenvalue weighted by atomic mass is 79.9. The van der Waals surface area contributed by atoms with Gasteiger partial charge in [0.25, 0.3) is 5.91 Å². The summed E-state index contributed by atoms with van der Waals surface area (Å²) >= 11 is 5.21. The molecule has 0 spiro atoms. The number of para-hydroxylation sites is 1. The van der Waals surface area contributed by atoms with Crippen LogP contribution in [0.25, 0.3) is 0 Å². The highest BCUT2D eigenvalue weighted by molar-refractivity contribution is 9.09. The van der Waals surface area contributed by atoms with Crippen LogP contribution >= 0.6 is 27.3 Å². The van der Waals surface area contributed by atoms with Gasteiger partial charge in [0.1, 0.15) is 0 Å². The van der Waals surface area contributed by atoms with Crippen molar-refractivity contribution < 1.29 is 4.79 Å². The van der Waals surface area contributed by atoms with Crippen molar-refractivity contribution in [2.75, 3.05) is 5.32 Å². The highest BCUT2D eigenvalue weighted by Crippen LogP contribution is 2.32. The summed E-state index contributed by atoms with van der Waals surface area (Å²) < 4.78 is 0. The molecule has 1 N–H and O–H groups in total. The van der Waals surface area contributed by atoms with Gasteiger partial charge >= 0.3 is 0 Å². The fourth-order valence-corrected chi connectivity index (χ4v) is 4.13. The van der Waals surface area contributed by atoms with Gasteiger partial charge < -0.3 is 5.32 Å². The van der Waals surface area contributed by atoms with E-state index in [1.54, 1.807) is 11.3 Å². The summed E-state index contributed by atoms with van der Waals surface area (Å²) in [4.78, 5) is 14.8. The summed E-state index contributed by atoms with van der Waals surface area (Å²) in [6.07, 6.45) is 3.48. The monoisotopic (exact) mass is 349 g/mol. The van der Waals surface area contributed by atoms with Crippen molar-refractivity contribution in [3.63, 3.8) is 0 Å². The molecule has 1 aromatic carbocycles. The van der Waals surface area contributed by atoms with Crippen molar-refractivity contribution in [2.24, 2.45) is 0 Å². The molecule has 3 rings (SSSR count). The maximum absolute atomic E-state index is 12.4. The predicted octanol–water partition coefficient (Wildman–Crippen LogP) is 4.95. The van der Waals surface area contributed by atoms with Gasteiger partial charge in [0.15, 0.2) is 0 Å². The zero-order chi connectivity index (χ0) is 14.1. The molecule has 2 nitrogen and oxygen atoms in total. The topological polar surface area (TPSA) is 29.1 Å². The summed E-state index contributed by atoms with van der Waals surface area (Å²) in [5, 5.41) is 3.04. The molecular weight excluding hydrogens is 334 g/mol. The zero-order valence-electron chi connectivity index (χ0n) is 11.3. The third kappa shape index (κ3) is 2.67. The fraction of sp³-hybridized carbons (Fsp3) is 0.312. The van der Waals surface area contributed by atoms with Crippen molar-refractivity contribution in [2.45, 2.75) is 31.0 Å². The van der Waals surface area contributed by atoms with Crippen molar-refractivity contribution in [1.29, 1.82) is 0 Å². The number of nitrogens with one attached hydrogen (secondary N) is 1. The smallest absolute Gasteiger partial charge is 0.265 e. The quantitative estimate of drug-likeness (QED) is 0.780. The Bertz CT molecular complexity index is 626. The van der Waals surface area contributed by atoms with E-state index in [0.29, 0.717) is 0 Å². The first kappa shape index (κ1) is 13.8. The molecule has 0 bridgehead atoms. The standard InChI is InChI=1S/C16H16BrNOS/c1-10(17)12-6-2-3-7-13(12)18-16(19)15-9-11-5-4-8-14(11)20-15/h2-3,6-7,9-10H,4-5,8H2,1H3,(H,18,19). The molecule has 1 aliphatic rings. The van der Waals surface area contributed by atoms with Gasteiger partial charge in [0.05, 0.1) is 4.88 Å². The fourth-order valence-electron chi connectivity index (χ4n) is 2.58. The van der Waals surface area contributed by atoms with E-state index in [4.69, 9.17) is 0 Å². The van der Waals surface area contributed by atoms with Crippen LogP contribution in [-0.2, 0) is 12.8 Å². The van der Waals surface area contributed by atoms with E-state index in [9.17, 15) is 4.79 Å². The molecule has 0 saturated carbocycles. The summed E-state index contributed by atoms with van der Waals surface area (Å²) in [7, 11) is 0. The summed E-state index contributed by atoms with van der Waals surface area (Å²) in [5.74, 6) is 0.00463. The second kappa shape index (κ2) is 5.70. The second-order valence-electron chi connectivity index (χ2n) is 5.07. The predicted molar refractivity (Wildman–Crippen MR) is 88.1 cm³/mol. The van der Waals surface area contributed by atoms with E-state index < -0.39 is 0 Å². The van der Waals surface area contributed by atoms with Crippen LogP contribution in [0, 0.1) is 0 Å².